The summed E-state index contributed by atoms with van der Waals surface area (Å²) in [5.74, 6) is -0.113. The van der Waals surface area contributed by atoms with Crippen LogP contribution < -0.4 is 16.0 Å². The number of nitrogens with zero attached hydrogens (tertiary/aromatic N) is 1. The molecule has 0 radical (unpaired) electrons. The number of nitrogens with one attached hydrogen (secondary N) is 1. The highest BCUT2D eigenvalue weighted by Gasteiger charge is 2.27. The lowest BCUT2D eigenvalue weighted by Gasteiger charge is -2.23. The van der Waals surface area contributed by atoms with Crippen molar-refractivity contribution in [1.29, 1.82) is 0 Å². The third-order valence-corrected chi connectivity index (χ3v) is 3.86. The van der Waals surface area contributed by atoms with Gasteiger partial charge in [0.25, 0.3) is 0 Å². The predicted molar refractivity (Wildman–Crippen MR) is 84.0 cm³/mol. The van der Waals surface area contributed by atoms with Gasteiger partial charge in [-0.3, -0.25) is 4.79 Å². The fourth-order valence-electron chi connectivity index (χ4n) is 2.66. The second-order valence-electron chi connectivity index (χ2n) is 5.87. The van der Waals surface area contributed by atoms with Gasteiger partial charge in [0, 0.05) is 24.5 Å². The quantitative estimate of drug-likeness (QED) is 0.868. The minimum absolute atomic E-state index is 0.113. The van der Waals surface area contributed by atoms with Crippen LogP contribution in [-0.2, 0) is 4.79 Å². The highest BCUT2D eigenvalue weighted by molar-refractivity contribution is 5.97. The average Bonchev–Trinajstić information content (AvgIpc) is 2.93. The van der Waals surface area contributed by atoms with Gasteiger partial charge in [0.15, 0.2) is 0 Å². The SMILES string of the molecule is CCC[C@@](C)(N)C(=O)Nc1cccc(N2CCCC2)c1. The lowest BCUT2D eigenvalue weighted by atomic mass is 9.96. The number of amides is 1. The molecule has 0 spiro atoms. The molecular weight excluding hydrogens is 250 g/mol. The van der Waals surface area contributed by atoms with Crippen molar-refractivity contribution in [3.8, 4) is 0 Å². The zero-order valence-corrected chi connectivity index (χ0v) is 12.5. The number of anilines is 2. The standard InChI is InChI=1S/C16H25N3O/c1-3-9-16(2,17)15(20)18-13-7-6-8-14(12-13)19-10-4-5-11-19/h6-8,12H,3-5,9-11,17H2,1-2H3,(H,18,20)/t16-/m1/s1. The summed E-state index contributed by atoms with van der Waals surface area (Å²) in [5.41, 5.74) is 7.25. The summed E-state index contributed by atoms with van der Waals surface area (Å²) >= 11 is 0. The molecule has 1 amide bonds. The topological polar surface area (TPSA) is 58.4 Å². The summed E-state index contributed by atoms with van der Waals surface area (Å²) in [6.45, 7) is 6.02. The second-order valence-corrected chi connectivity index (χ2v) is 5.87. The Hall–Kier alpha value is -1.55. The normalized spacial score (nSPS) is 17.9. The Morgan fingerprint density at radius 1 is 1.40 bits per heavy atom. The highest BCUT2D eigenvalue weighted by Crippen LogP contribution is 2.24. The van der Waals surface area contributed by atoms with E-state index >= 15 is 0 Å². The molecule has 1 fully saturated rings. The minimum Gasteiger partial charge on any atom is -0.371 e. The van der Waals surface area contributed by atoms with Crippen LogP contribution in [0.25, 0.3) is 0 Å². The summed E-state index contributed by atoms with van der Waals surface area (Å²) in [4.78, 5) is 14.6. The molecule has 1 atom stereocenters. The van der Waals surface area contributed by atoms with E-state index in [-0.39, 0.29) is 5.91 Å². The van der Waals surface area contributed by atoms with Crippen LogP contribution in [0, 0.1) is 0 Å². The van der Waals surface area contributed by atoms with Crippen LogP contribution in [0.2, 0.25) is 0 Å². The van der Waals surface area contributed by atoms with E-state index in [1.807, 2.05) is 25.1 Å². The maximum Gasteiger partial charge on any atom is 0.244 e. The largest absolute Gasteiger partial charge is 0.371 e. The van der Waals surface area contributed by atoms with E-state index in [2.05, 4.69) is 16.3 Å². The Labute approximate surface area is 121 Å². The van der Waals surface area contributed by atoms with E-state index < -0.39 is 5.54 Å². The average molecular weight is 275 g/mol. The molecule has 20 heavy (non-hydrogen) atoms. The maximum absolute atomic E-state index is 12.2. The Kier molecular flexibility index (Phi) is 4.65. The first-order valence-electron chi connectivity index (χ1n) is 7.48. The van der Waals surface area contributed by atoms with E-state index in [9.17, 15) is 4.79 Å². The fourth-order valence-corrected chi connectivity index (χ4v) is 2.66. The molecule has 110 valence electrons. The molecule has 0 unspecified atom stereocenters. The van der Waals surface area contributed by atoms with Gasteiger partial charge in [-0.05, 0) is 44.4 Å². The van der Waals surface area contributed by atoms with Crippen LogP contribution in [0.5, 0.6) is 0 Å². The van der Waals surface area contributed by atoms with Gasteiger partial charge >= 0.3 is 0 Å². The molecule has 1 aromatic carbocycles. The molecule has 1 aliphatic rings. The van der Waals surface area contributed by atoms with Crippen LogP contribution in [-0.4, -0.2) is 24.5 Å². The molecule has 4 heteroatoms. The molecule has 3 N–H and O–H groups in total. The Bertz CT molecular complexity index is 465. The molecule has 4 nitrogen and oxygen atoms in total. The van der Waals surface area contributed by atoms with Gasteiger partial charge < -0.3 is 16.0 Å². The smallest absolute Gasteiger partial charge is 0.244 e. The molecule has 0 saturated carbocycles. The molecule has 1 saturated heterocycles. The lowest BCUT2D eigenvalue weighted by Crippen LogP contribution is -2.48. The van der Waals surface area contributed by atoms with Crippen molar-refractivity contribution in [2.24, 2.45) is 5.73 Å². The predicted octanol–water partition coefficient (Wildman–Crippen LogP) is 2.74. The van der Waals surface area contributed by atoms with Crippen molar-refractivity contribution in [3.63, 3.8) is 0 Å². The summed E-state index contributed by atoms with van der Waals surface area (Å²) in [6.07, 6.45) is 4.07. The summed E-state index contributed by atoms with van der Waals surface area (Å²) < 4.78 is 0. The second kappa shape index (κ2) is 6.27. The lowest BCUT2D eigenvalue weighted by molar-refractivity contribution is -0.120. The van der Waals surface area contributed by atoms with Crippen molar-refractivity contribution in [1.82, 2.24) is 0 Å². The molecular formula is C16H25N3O. The number of hydrogen-bond donors (Lipinski definition) is 2. The zero-order chi connectivity index (χ0) is 14.6. The van der Waals surface area contributed by atoms with Gasteiger partial charge in [-0.25, -0.2) is 0 Å². The van der Waals surface area contributed by atoms with E-state index in [1.165, 1.54) is 18.5 Å². The van der Waals surface area contributed by atoms with Gasteiger partial charge in [-0.2, -0.15) is 0 Å². The maximum atomic E-state index is 12.2. The number of benzene rings is 1. The molecule has 1 heterocycles. The fraction of sp³-hybridized carbons (Fsp3) is 0.562. The minimum atomic E-state index is -0.807. The number of carbonyl (C=O) groups is 1. The monoisotopic (exact) mass is 275 g/mol. The van der Waals surface area contributed by atoms with Crippen LogP contribution in [0.4, 0.5) is 11.4 Å². The molecule has 1 aromatic rings. The summed E-state index contributed by atoms with van der Waals surface area (Å²) in [5, 5.41) is 2.94. The Morgan fingerprint density at radius 2 is 2.10 bits per heavy atom. The van der Waals surface area contributed by atoms with Gasteiger partial charge in [0.1, 0.15) is 0 Å². The van der Waals surface area contributed by atoms with Gasteiger partial charge in [-0.15, -0.1) is 0 Å². The van der Waals surface area contributed by atoms with Crippen molar-refractivity contribution in [3.05, 3.63) is 24.3 Å². The van der Waals surface area contributed by atoms with E-state index in [1.54, 1.807) is 6.92 Å². The van der Waals surface area contributed by atoms with Crippen LogP contribution in [0.1, 0.15) is 39.5 Å². The molecule has 0 aliphatic carbocycles. The van der Waals surface area contributed by atoms with Gasteiger partial charge in [0.2, 0.25) is 5.91 Å². The molecule has 0 bridgehead atoms. The summed E-state index contributed by atoms with van der Waals surface area (Å²) in [6, 6.07) is 8.02. The molecule has 1 aliphatic heterocycles. The number of rotatable bonds is 5. The van der Waals surface area contributed by atoms with Crippen molar-refractivity contribution >= 4 is 17.3 Å². The Balaban J connectivity index is 2.06. The Morgan fingerprint density at radius 3 is 2.75 bits per heavy atom. The molecule has 0 aromatic heterocycles. The molecule has 2 rings (SSSR count). The van der Waals surface area contributed by atoms with Gasteiger partial charge in [0.05, 0.1) is 5.54 Å². The number of carbonyl (C=O) groups excluding carboxylic acids is 1. The zero-order valence-electron chi connectivity index (χ0n) is 12.5. The van der Waals surface area contributed by atoms with Crippen LogP contribution in [0.15, 0.2) is 24.3 Å². The van der Waals surface area contributed by atoms with E-state index in [4.69, 9.17) is 5.73 Å². The van der Waals surface area contributed by atoms with E-state index in [0.29, 0.717) is 6.42 Å². The van der Waals surface area contributed by atoms with Crippen molar-refractivity contribution in [2.45, 2.75) is 45.1 Å². The third kappa shape index (κ3) is 3.51. The number of nitrogens with two attached hydrogens (primary N) is 1. The van der Waals surface area contributed by atoms with Crippen molar-refractivity contribution < 1.29 is 4.79 Å². The van der Waals surface area contributed by atoms with Gasteiger partial charge in [-0.1, -0.05) is 19.4 Å². The van der Waals surface area contributed by atoms with Crippen LogP contribution in [0.3, 0.4) is 0 Å². The highest BCUT2D eigenvalue weighted by atomic mass is 16.2. The number of hydrogen-bond acceptors (Lipinski definition) is 3. The van der Waals surface area contributed by atoms with Crippen molar-refractivity contribution in [2.75, 3.05) is 23.3 Å². The third-order valence-electron chi connectivity index (χ3n) is 3.86. The summed E-state index contributed by atoms with van der Waals surface area (Å²) in [7, 11) is 0. The first-order chi connectivity index (χ1) is 9.53. The first kappa shape index (κ1) is 14.9. The first-order valence-corrected chi connectivity index (χ1v) is 7.48. The van der Waals surface area contributed by atoms with E-state index in [0.717, 1.165) is 25.2 Å². The van der Waals surface area contributed by atoms with Crippen LogP contribution >= 0.6 is 0 Å².